The van der Waals surface area contributed by atoms with E-state index in [0.717, 1.165) is 0 Å². The van der Waals surface area contributed by atoms with Gasteiger partial charge in [-0.05, 0) is 32.9 Å². The molecule has 0 aliphatic heterocycles. The minimum Gasteiger partial charge on any atom is -0.490 e. The first-order chi connectivity index (χ1) is 8.95. The zero-order valence-corrected chi connectivity index (χ0v) is 12.2. The Morgan fingerprint density at radius 3 is 2.47 bits per heavy atom. The molecule has 1 aromatic carbocycles. The van der Waals surface area contributed by atoms with Crippen LogP contribution in [0.5, 0.6) is 5.75 Å². The van der Waals surface area contributed by atoms with Gasteiger partial charge in [0.1, 0.15) is 18.2 Å². The number of rotatable bonds is 7. The average Bonchev–Trinajstić information content (AvgIpc) is 2.44. The lowest BCUT2D eigenvalue weighted by Crippen LogP contribution is -2.34. The second-order valence-electron chi connectivity index (χ2n) is 4.91. The first kappa shape index (κ1) is 15.9. The van der Waals surface area contributed by atoms with E-state index >= 15 is 0 Å². The first-order valence-corrected chi connectivity index (χ1v) is 6.77. The molecule has 0 bridgehead atoms. The minimum absolute atomic E-state index is 0.0442. The summed E-state index contributed by atoms with van der Waals surface area (Å²) in [4.78, 5) is 0. The lowest BCUT2D eigenvalue weighted by atomic mass is 9.99. The molecule has 1 unspecified atom stereocenters. The van der Waals surface area contributed by atoms with Gasteiger partial charge in [0.25, 0.3) is 0 Å². The van der Waals surface area contributed by atoms with Crippen molar-refractivity contribution in [1.29, 1.82) is 0 Å². The van der Waals surface area contributed by atoms with Crippen LogP contribution in [-0.4, -0.2) is 24.4 Å². The van der Waals surface area contributed by atoms with E-state index in [2.05, 4.69) is 5.32 Å². The summed E-state index contributed by atoms with van der Waals surface area (Å²) in [6.45, 7) is 5.89. The Morgan fingerprint density at radius 2 is 2.00 bits per heavy atom. The van der Waals surface area contributed by atoms with E-state index in [4.69, 9.17) is 4.74 Å². The highest BCUT2D eigenvalue weighted by molar-refractivity contribution is 5.30. The zero-order valence-electron chi connectivity index (χ0n) is 12.2. The van der Waals surface area contributed by atoms with Crippen molar-refractivity contribution >= 4 is 0 Å². The first-order valence-electron chi connectivity index (χ1n) is 6.77. The number of hydrogen-bond donors (Lipinski definition) is 2. The van der Waals surface area contributed by atoms with Crippen LogP contribution in [0.25, 0.3) is 0 Å². The van der Waals surface area contributed by atoms with E-state index in [0.29, 0.717) is 24.2 Å². The number of ether oxygens (including phenoxy) is 1. The van der Waals surface area contributed by atoms with Crippen molar-refractivity contribution in [2.75, 3.05) is 13.7 Å². The van der Waals surface area contributed by atoms with E-state index < -0.39 is 5.60 Å². The Hall–Kier alpha value is -1.13. The second-order valence-corrected chi connectivity index (χ2v) is 4.91. The van der Waals surface area contributed by atoms with Crippen LogP contribution in [-0.2, 0) is 0 Å². The Balaban J connectivity index is 2.74. The van der Waals surface area contributed by atoms with Crippen LogP contribution < -0.4 is 10.1 Å². The SMILES string of the molecule is CCC(O)(CC)COc1ccc(C(C)NC)c(F)c1. The molecule has 0 saturated carbocycles. The lowest BCUT2D eigenvalue weighted by Gasteiger charge is -2.25. The van der Waals surface area contributed by atoms with Crippen molar-refractivity contribution in [2.45, 2.75) is 45.3 Å². The Labute approximate surface area is 114 Å². The molecule has 2 N–H and O–H groups in total. The summed E-state index contributed by atoms with van der Waals surface area (Å²) in [5, 5.41) is 13.1. The minimum atomic E-state index is -0.840. The van der Waals surface area contributed by atoms with Gasteiger partial charge in [-0.25, -0.2) is 4.39 Å². The number of halogens is 1. The molecule has 0 spiro atoms. The molecular formula is C15H24FNO2. The van der Waals surface area contributed by atoms with Gasteiger partial charge in [0, 0.05) is 17.7 Å². The third-order valence-corrected chi connectivity index (χ3v) is 3.70. The summed E-state index contributed by atoms with van der Waals surface area (Å²) >= 11 is 0. The van der Waals surface area contributed by atoms with Crippen LogP contribution in [0, 0.1) is 5.82 Å². The molecule has 0 saturated heterocycles. The number of hydrogen-bond acceptors (Lipinski definition) is 3. The van der Waals surface area contributed by atoms with Crippen molar-refractivity contribution in [2.24, 2.45) is 0 Å². The fraction of sp³-hybridized carbons (Fsp3) is 0.600. The van der Waals surface area contributed by atoms with Gasteiger partial charge in [-0.1, -0.05) is 19.9 Å². The average molecular weight is 269 g/mol. The largest absolute Gasteiger partial charge is 0.490 e. The molecule has 0 aliphatic rings. The predicted molar refractivity (Wildman–Crippen MR) is 74.9 cm³/mol. The highest BCUT2D eigenvalue weighted by Crippen LogP contribution is 2.23. The van der Waals surface area contributed by atoms with Crippen molar-refractivity contribution in [3.05, 3.63) is 29.6 Å². The summed E-state index contributed by atoms with van der Waals surface area (Å²) in [6, 6.07) is 4.77. The molecule has 1 aromatic rings. The van der Waals surface area contributed by atoms with Gasteiger partial charge in [-0.2, -0.15) is 0 Å². The summed E-state index contributed by atoms with van der Waals surface area (Å²) in [6.07, 6.45) is 1.22. The molecule has 3 nitrogen and oxygen atoms in total. The topological polar surface area (TPSA) is 41.5 Å². The van der Waals surface area contributed by atoms with Gasteiger partial charge in [-0.3, -0.25) is 0 Å². The third-order valence-electron chi connectivity index (χ3n) is 3.70. The molecule has 4 heteroatoms. The summed E-state index contributed by atoms with van der Waals surface area (Å²) in [5.41, 5.74) is -0.232. The zero-order chi connectivity index (χ0) is 14.5. The van der Waals surface area contributed by atoms with Gasteiger partial charge >= 0.3 is 0 Å². The normalized spacial score (nSPS) is 13.4. The predicted octanol–water partition coefficient (Wildman–Crippen LogP) is 3.04. The summed E-state index contributed by atoms with van der Waals surface area (Å²) in [7, 11) is 1.79. The fourth-order valence-corrected chi connectivity index (χ4v) is 1.78. The maximum absolute atomic E-state index is 13.9. The maximum atomic E-state index is 13.9. The Bertz CT molecular complexity index is 405. The van der Waals surface area contributed by atoms with Crippen molar-refractivity contribution in [1.82, 2.24) is 5.32 Å². The van der Waals surface area contributed by atoms with Crippen LogP contribution in [0.15, 0.2) is 18.2 Å². The highest BCUT2D eigenvalue weighted by atomic mass is 19.1. The lowest BCUT2D eigenvalue weighted by molar-refractivity contribution is -0.0114. The van der Waals surface area contributed by atoms with Crippen LogP contribution in [0.2, 0.25) is 0 Å². The van der Waals surface area contributed by atoms with Gasteiger partial charge in [-0.15, -0.1) is 0 Å². The number of benzene rings is 1. The van der Waals surface area contributed by atoms with E-state index in [9.17, 15) is 9.50 Å². The van der Waals surface area contributed by atoms with Crippen molar-refractivity contribution < 1.29 is 14.2 Å². The van der Waals surface area contributed by atoms with E-state index in [-0.39, 0.29) is 18.5 Å². The number of aliphatic hydroxyl groups is 1. The molecule has 0 radical (unpaired) electrons. The number of nitrogens with one attached hydrogen (secondary N) is 1. The van der Waals surface area contributed by atoms with E-state index in [1.807, 2.05) is 20.8 Å². The third kappa shape index (κ3) is 4.18. The van der Waals surface area contributed by atoms with E-state index in [1.165, 1.54) is 6.07 Å². The fourth-order valence-electron chi connectivity index (χ4n) is 1.78. The standard InChI is InChI=1S/C15H24FNO2/c1-5-15(18,6-2)10-19-12-7-8-13(11(3)17-4)14(16)9-12/h7-9,11,17-18H,5-6,10H2,1-4H3. The molecule has 0 aromatic heterocycles. The van der Waals surface area contributed by atoms with Gasteiger partial charge in [0.05, 0.1) is 5.60 Å². The molecular weight excluding hydrogens is 245 g/mol. The van der Waals surface area contributed by atoms with Crippen LogP contribution >= 0.6 is 0 Å². The highest BCUT2D eigenvalue weighted by Gasteiger charge is 2.23. The monoisotopic (exact) mass is 269 g/mol. The Kier molecular flexibility index (Phi) is 5.76. The quantitative estimate of drug-likeness (QED) is 0.799. The molecule has 1 atom stereocenters. The molecule has 0 heterocycles. The second kappa shape index (κ2) is 6.87. The summed E-state index contributed by atoms with van der Waals surface area (Å²) in [5.74, 6) is 0.153. The van der Waals surface area contributed by atoms with Crippen molar-refractivity contribution in [3.63, 3.8) is 0 Å². The molecule has 0 aliphatic carbocycles. The van der Waals surface area contributed by atoms with Gasteiger partial charge < -0.3 is 15.2 Å². The molecule has 1 rings (SSSR count). The molecule has 108 valence electrons. The summed E-state index contributed by atoms with van der Waals surface area (Å²) < 4.78 is 19.4. The van der Waals surface area contributed by atoms with E-state index in [1.54, 1.807) is 19.2 Å². The molecule has 19 heavy (non-hydrogen) atoms. The van der Waals surface area contributed by atoms with Gasteiger partial charge in [0.15, 0.2) is 0 Å². The van der Waals surface area contributed by atoms with Crippen molar-refractivity contribution in [3.8, 4) is 5.75 Å². The van der Waals surface area contributed by atoms with Gasteiger partial charge in [0.2, 0.25) is 0 Å². The smallest absolute Gasteiger partial charge is 0.131 e. The van der Waals surface area contributed by atoms with Crippen LogP contribution in [0.4, 0.5) is 4.39 Å². The van der Waals surface area contributed by atoms with Crippen LogP contribution in [0.3, 0.4) is 0 Å². The van der Waals surface area contributed by atoms with Crippen LogP contribution in [0.1, 0.15) is 45.2 Å². The maximum Gasteiger partial charge on any atom is 0.131 e. The Morgan fingerprint density at radius 1 is 1.37 bits per heavy atom. The molecule has 0 amide bonds. The molecule has 0 fully saturated rings.